The summed E-state index contributed by atoms with van der Waals surface area (Å²) in [4.78, 5) is 35.0. The van der Waals surface area contributed by atoms with E-state index in [-0.39, 0.29) is 23.6 Å². The van der Waals surface area contributed by atoms with Crippen molar-refractivity contribution in [2.24, 2.45) is 11.7 Å². The minimum Gasteiger partial charge on any atom is -0.447 e. The second kappa shape index (κ2) is 6.44. The maximum absolute atomic E-state index is 12.9. The van der Waals surface area contributed by atoms with E-state index in [9.17, 15) is 9.59 Å². The van der Waals surface area contributed by atoms with E-state index in [1.54, 1.807) is 11.3 Å². The van der Waals surface area contributed by atoms with E-state index in [0.717, 1.165) is 17.1 Å². The highest BCUT2D eigenvalue weighted by atomic mass is 32.1. The quantitative estimate of drug-likeness (QED) is 0.850. The van der Waals surface area contributed by atoms with Gasteiger partial charge in [0.2, 0.25) is 5.91 Å². The van der Waals surface area contributed by atoms with Crippen LogP contribution in [0.15, 0.2) is 16.2 Å². The first-order valence-corrected chi connectivity index (χ1v) is 10.5. The predicted molar refractivity (Wildman–Crippen MR) is 98.4 cm³/mol. The van der Waals surface area contributed by atoms with Gasteiger partial charge in [-0.05, 0) is 25.2 Å². The molecule has 2 amide bonds. The molecule has 6 rings (SSSR count). The van der Waals surface area contributed by atoms with Gasteiger partial charge in [0.15, 0.2) is 12.1 Å². The minimum atomic E-state index is -0.579. The fourth-order valence-electron chi connectivity index (χ4n) is 5.02. The van der Waals surface area contributed by atoms with Crippen LogP contribution in [-0.2, 0) is 11.2 Å². The molecule has 2 saturated carbocycles. The largest absolute Gasteiger partial charge is 0.447 e. The zero-order chi connectivity index (χ0) is 18.5. The molecule has 4 aliphatic rings. The van der Waals surface area contributed by atoms with Gasteiger partial charge < -0.3 is 15.1 Å². The summed E-state index contributed by atoms with van der Waals surface area (Å²) in [6, 6.07) is 0.0721. The van der Waals surface area contributed by atoms with Crippen LogP contribution in [0.3, 0.4) is 0 Å². The van der Waals surface area contributed by atoms with Crippen LogP contribution < -0.4 is 5.73 Å². The summed E-state index contributed by atoms with van der Waals surface area (Å²) in [6.07, 6.45) is 7.56. The maximum Gasteiger partial charge on any atom is 0.270 e. The zero-order valence-electron chi connectivity index (χ0n) is 15.0. The number of aromatic nitrogens is 2. The summed E-state index contributed by atoms with van der Waals surface area (Å²) in [7, 11) is 0. The molecule has 8 heteroatoms. The molecule has 2 aliphatic carbocycles. The third kappa shape index (κ3) is 2.77. The number of thiazole rings is 1. The average molecular weight is 386 g/mol. The Hall–Kier alpha value is -2.22. The van der Waals surface area contributed by atoms with Crippen molar-refractivity contribution >= 4 is 23.2 Å². The zero-order valence-corrected chi connectivity index (χ0v) is 15.8. The summed E-state index contributed by atoms with van der Waals surface area (Å²) >= 11 is 1.59. The van der Waals surface area contributed by atoms with Crippen molar-refractivity contribution in [2.75, 3.05) is 6.54 Å². The van der Waals surface area contributed by atoms with Gasteiger partial charge in [0.1, 0.15) is 10.8 Å². The van der Waals surface area contributed by atoms with Gasteiger partial charge in [-0.15, -0.1) is 11.3 Å². The molecule has 2 saturated heterocycles. The van der Waals surface area contributed by atoms with E-state index >= 15 is 0 Å². The van der Waals surface area contributed by atoms with Crippen molar-refractivity contribution in [1.82, 2.24) is 14.9 Å². The first-order chi connectivity index (χ1) is 13.1. The molecule has 4 heterocycles. The van der Waals surface area contributed by atoms with Gasteiger partial charge in [-0.2, -0.15) is 0 Å². The molecule has 4 fully saturated rings. The number of oxazole rings is 1. The normalized spacial score (nSPS) is 27.1. The SMILES string of the molecule is NC(=O)c1ncoc1C1C2CC1N(C(=O)Cc1nc(C3CCCC3)cs1)C2. The van der Waals surface area contributed by atoms with Gasteiger partial charge in [0.05, 0.1) is 12.1 Å². The third-order valence-electron chi connectivity index (χ3n) is 6.39. The number of fused-ring (bicyclic) bond motifs is 1. The van der Waals surface area contributed by atoms with Crippen LogP contribution in [0.25, 0.3) is 0 Å². The fourth-order valence-corrected chi connectivity index (χ4v) is 5.88. The molecule has 7 nitrogen and oxygen atoms in total. The predicted octanol–water partition coefficient (Wildman–Crippen LogP) is 2.44. The molecule has 3 unspecified atom stereocenters. The minimum absolute atomic E-state index is 0.0318. The Balaban J connectivity index is 1.27. The van der Waals surface area contributed by atoms with Crippen LogP contribution in [0, 0.1) is 5.92 Å². The van der Waals surface area contributed by atoms with Gasteiger partial charge in [-0.1, -0.05) is 12.8 Å². The lowest BCUT2D eigenvalue weighted by molar-refractivity contribution is -0.130. The summed E-state index contributed by atoms with van der Waals surface area (Å²) in [5, 5.41) is 3.03. The van der Waals surface area contributed by atoms with Crippen molar-refractivity contribution in [2.45, 2.75) is 56.4 Å². The topological polar surface area (TPSA) is 102 Å². The molecule has 2 N–H and O–H groups in total. The lowest BCUT2D eigenvalue weighted by Gasteiger charge is -2.35. The van der Waals surface area contributed by atoms with Gasteiger partial charge >= 0.3 is 0 Å². The Labute approximate surface area is 161 Å². The number of carbonyl (C=O) groups excluding carboxylic acids is 2. The second-order valence-electron chi connectivity index (χ2n) is 7.89. The third-order valence-corrected chi connectivity index (χ3v) is 7.26. The lowest BCUT2D eigenvalue weighted by Crippen LogP contribution is -2.40. The van der Waals surface area contributed by atoms with Gasteiger partial charge in [0.25, 0.3) is 5.91 Å². The van der Waals surface area contributed by atoms with Crippen molar-refractivity contribution in [3.8, 4) is 0 Å². The highest BCUT2D eigenvalue weighted by Gasteiger charge is 2.56. The molecule has 2 bridgehead atoms. The van der Waals surface area contributed by atoms with Crippen molar-refractivity contribution in [1.29, 1.82) is 0 Å². The van der Waals surface area contributed by atoms with E-state index in [2.05, 4.69) is 10.4 Å². The van der Waals surface area contributed by atoms with Crippen LogP contribution in [0.1, 0.15) is 70.9 Å². The number of nitrogens with zero attached hydrogens (tertiary/aromatic N) is 3. The molecule has 2 aliphatic heterocycles. The molecule has 3 atom stereocenters. The number of primary amides is 1. The van der Waals surface area contributed by atoms with E-state index in [1.807, 2.05) is 4.90 Å². The highest BCUT2D eigenvalue weighted by Crippen LogP contribution is 2.53. The van der Waals surface area contributed by atoms with E-state index in [1.165, 1.54) is 32.1 Å². The van der Waals surface area contributed by atoms with Crippen LogP contribution in [0.5, 0.6) is 0 Å². The van der Waals surface area contributed by atoms with Gasteiger partial charge in [-0.25, -0.2) is 9.97 Å². The Morgan fingerprint density at radius 2 is 2.15 bits per heavy atom. The number of nitrogens with two attached hydrogens (primary N) is 1. The molecular formula is C19H22N4O3S. The van der Waals surface area contributed by atoms with E-state index in [4.69, 9.17) is 15.1 Å². The first-order valence-electron chi connectivity index (χ1n) is 9.58. The molecule has 2 aromatic heterocycles. The molecule has 27 heavy (non-hydrogen) atoms. The summed E-state index contributed by atoms with van der Waals surface area (Å²) in [6.45, 7) is 0.702. The Kier molecular flexibility index (Phi) is 4.03. The second-order valence-corrected chi connectivity index (χ2v) is 8.83. The molecular weight excluding hydrogens is 364 g/mol. The number of carbonyl (C=O) groups is 2. The first kappa shape index (κ1) is 16.9. The number of amides is 2. The molecule has 0 spiro atoms. The lowest BCUT2D eigenvalue weighted by atomic mass is 9.72. The van der Waals surface area contributed by atoms with E-state index < -0.39 is 5.91 Å². The van der Waals surface area contributed by atoms with Gasteiger partial charge in [-0.3, -0.25) is 9.59 Å². The van der Waals surface area contributed by atoms with Crippen molar-refractivity contribution in [3.63, 3.8) is 0 Å². The van der Waals surface area contributed by atoms with Crippen molar-refractivity contribution < 1.29 is 14.0 Å². The summed E-state index contributed by atoms with van der Waals surface area (Å²) in [5.74, 6) is 0.992. The number of hydrogen-bond donors (Lipinski definition) is 1. The summed E-state index contributed by atoms with van der Waals surface area (Å²) in [5.41, 5.74) is 6.75. The Morgan fingerprint density at radius 3 is 2.93 bits per heavy atom. The van der Waals surface area contributed by atoms with E-state index in [0.29, 0.717) is 30.6 Å². The Bertz CT molecular complexity index is 885. The van der Waals surface area contributed by atoms with Crippen LogP contribution >= 0.6 is 11.3 Å². The smallest absolute Gasteiger partial charge is 0.270 e. The fraction of sp³-hybridized carbons (Fsp3) is 0.579. The van der Waals surface area contributed by atoms with Gasteiger partial charge in [0, 0.05) is 29.8 Å². The summed E-state index contributed by atoms with van der Waals surface area (Å²) < 4.78 is 5.46. The monoisotopic (exact) mass is 386 g/mol. The maximum atomic E-state index is 12.9. The highest BCUT2D eigenvalue weighted by molar-refractivity contribution is 7.09. The van der Waals surface area contributed by atoms with Crippen LogP contribution in [0.2, 0.25) is 0 Å². The average Bonchev–Trinajstić information content (AvgIpc) is 3.39. The Morgan fingerprint density at radius 1 is 1.33 bits per heavy atom. The molecule has 0 aromatic carbocycles. The number of hydrogen-bond acceptors (Lipinski definition) is 6. The van der Waals surface area contributed by atoms with Crippen LogP contribution in [-0.4, -0.2) is 39.3 Å². The molecule has 0 radical (unpaired) electrons. The van der Waals surface area contributed by atoms with Crippen LogP contribution in [0.4, 0.5) is 0 Å². The standard InChI is InChI=1S/C19H22N4O3S/c20-19(25)17-18(26-9-21-17)16-11-5-13(16)23(7-11)15(24)6-14-22-12(8-27-14)10-3-1-2-4-10/h8-11,13,16H,1-7H2,(H2,20,25). The molecule has 142 valence electrons. The molecule has 2 aromatic rings. The number of rotatable bonds is 5. The van der Waals surface area contributed by atoms with Crippen molar-refractivity contribution in [3.05, 3.63) is 33.9 Å².